The van der Waals surface area contributed by atoms with Gasteiger partial charge in [-0.2, -0.15) is 0 Å². The molecule has 25 heavy (non-hydrogen) atoms. The largest absolute Gasteiger partial charge is 0.465 e. The third kappa shape index (κ3) is 6.26. The van der Waals surface area contributed by atoms with Crippen molar-refractivity contribution in [1.29, 1.82) is 0 Å². The number of hydrogen-bond donors (Lipinski definition) is 2. The Morgan fingerprint density at radius 3 is 2.52 bits per heavy atom. The first-order valence-corrected chi connectivity index (χ1v) is 8.07. The number of benzene rings is 1. The van der Waals surface area contributed by atoms with Gasteiger partial charge in [-0.25, -0.2) is 4.79 Å². The van der Waals surface area contributed by atoms with Gasteiger partial charge in [0.1, 0.15) is 5.60 Å². The smallest absolute Gasteiger partial charge is 0.337 e. The van der Waals surface area contributed by atoms with Crippen molar-refractivity contribution in [3.8, 4) is 11.8 Å². The molecule has 0 spiro atoms. The molecular formula is C20H27NO4. The Bertz CT molecular complexity index is 708. The summed E-state index contributed by atoms with van der Waals surface area (Å²) in [6.45, 7) is 6.20. The van der Waals surface area contributed by atoms with Gasteiger partial charge in [-0.3, -0.25) is 0 Å². The maximum atomic E-state index is 11.6. The first-order chi connectivity index (χ1) is 11.7. The number of anilines is 1. The summed E-state index contributed by atoms with van der Waals surface area (Å²) in [4.78, 5) is 11.6. The number of carbonyl (C=O) groups is 1. The third-order valence-electron chi connectivity index (χ3n) is 4.05. The minimum atomic E-state index is -1.29. The van der Waals surface area contributed by atoms with E-state index in [9.17, 15) is 9.90 Å². The van der Waals surface area contributed by atoms with E-state index in [1.54, 1.807) is 18.2 Å². The van der Waals surface area contributed by atoms with Crippen LogP contribution >= 0.6 is 0 Å². The van der Waals surface area contributed by atoms with E-state index in [0.717, 1.165) is 0 Å². The number of nitrogens with two attached hydrogens (primary N) is 1. The highest BCUT2D eigenvalue weighted by Crippen LogP contribution is 2.20. The summed E-state index contributed by atoms with van der Waals surface area (Å²) in [6.07, 6.45) is 1.16. The maximum Gasteiger partial charge on any atom is 0.337 e. The Morgan fingerprint density at radius 1 is 1.28 bits per heavy atom. The molecule has 136 valence electrons. The molecule has 5 nitrogen and oxygen atoms in total. The first-order valence-electron chi connectivity index (χ1n) is 8.07. The Hall–Kier alpha value is -2.29. The highest BCUT2D eigenvalue weighted by atomic mass is 16.5. The van der Waals surface area contributed by atoms with Crippen molar-refractivity contribution in [3.63, 3.8) is 0 Å². The van der Waals surface area contributed by atoms with Crippen LogP contribution in [0.4, 0.5) is 5.69 Å². The number of nitrogen functional groups attached to an aromatic ring is 1. The van der Waals surface area contributed by atoms with Crippen LogP contribution in [0.2, 0.25) is 0 Å². The molecule has 0 aliphatic carbocycles. The number of esters is 1. The van der Waals surface area contributed by atoms with Gasteiger partial charge in [0, 0.05) is 18.4 Å². The topological polar surface area (TPSA) is 81.8 Å². The molecule has 1 aromatic rings. The number of hydrogen-bond acceptors (Lipinski definition) is 5. The highest BCUT2D eigenvalue weighted by molar-refractivity contribution is 5.90. The second kappa shape index (κ2) is 9.26. The van der Waals surface area contributed by atoms with E-state index in [2.05, 4.69) is 11.8 Å². The van der Waals surface area contributed by atoms with Gasteiger partial charge in [0.2, 0.25) is 0 Å². The second-order valence-corrected chi connectivity index (χ2v) is 6.29. The van der Waals surface area contributed by atoms with Crippen molar-refractivity contribution in [2.75, 3.05) is 26.6 Å². The third-order valence-corrected chi connectivity index (χ3v) is 4.05. The molecular weight excluding hydrogens is 318 g/mol. The van der Waals surface area contributed by atoms with Crippen LogP contribution in [0.1, 0.15) is 49.5 Å². The summed E-state index contributed by atoms with van der Waals surface area (Å²) in [5.41, 5.74) is 8.32. The molecule has 0 radical (unpaired) electrons. The molecule has 0 fully saturated rings. The normalized spacial score (nSPS) is 12.6. The lowest BCUT2D eigenvalue weighted by atomic mass is 9.94. The number of aliphatic hydroxyl groups is 1. The van der Waals surface area contributed by atoms with Crippen LogP contribution in [0.5, 0.6) is 0 Å². The second-order valence-electron chi connectivity index (χ2n) is 6.29. The lowest BCUT2D eigenvalue weighted by Crippen LogP contribution is -2.32. The van der Waals surface area contributed by atoms with Crippen LogP contribution in [0.25, 0.3) is 0 Å². The summed E-state index contributed by atoms with van der Waals surface area (Å²) >= 11 is 0. The molecule has 0 saturated heterocycles. The molecule has 1 unspecified atom stereocenters. The lowest BCUT2D eigenvalue weighted by molar-refractivity contribution is 0.00789. The molecule has 0 heterocycles. The minimum Gasteiger partial charge on any atom is -0.465 e. The number of allylic oxidation sites excluding steroid dienone is 2. The van der Waals surface area contributed by atoms with E-state index in [0.29, 0.717) is 29.7 Å². The molecule has 1 aromatic carbocycles. The fourth-order valence-corrected chi connectivity index (χ4v) is 2.15. The monoisotopic (exact) mass is 345 g/mol. The zero-order valence-corrected chi connectivity index (χ0v) is 15.6. The fraction of sp³-hybridized carbons (Fsp3) is 0.450. The van der Waals surface area contributed by atoms with E-state index in [1.165, 1.54) is 25.4 Å². The van der Waals surface area contributed by atoms with Gasteiger partial charge >= 0.3 is 5.97 Å². The lowest BCUT2D eigenvalue weighted by Gasteiger charge is -2.21. The van der Waals surface area contributed by atoms with E-state index in [4.69, 9.17) is 15.2 Å². The minimum absolute atomic E-state index is 0.0899. The number of methoxy groups -OCH3 is 2. The fourth-order valence-electron chi connectivity index (χ4n) is 2.15. The summed E-state index contributed by atoms with van der Waals surface area (Å²) in [7, 11) is 2.83. The molecule has 1 atom stereocenters. The van der Waals surface area contributed by atoms with Crippen LogP contribution in [-0.2, 0) is 9.47 Å². The van der Waals surface area contributed by atoms with E-state index >= 15 is 0 Å². The summed E-state index contributed by atoms with van der Waals surface area (Å²) in [5, 5.41) is 10.8. The predicted molar refractivity (Wildman–Crippen MR) is 99.2 cm³/mol. The van der Waals surface area contributed by atoms with Crippen molar-refractivity contribution in [2.45, 2.75) is 39.2 Å². The SMILES string of the molecule is COCC(O)(C#Cc1cc(C(=O)OC)ccc1N)CCC(C)=C(C)C. The van der Waals surface area contributed by atoms with Gasteiger partial charge in [0.15, 0.2) is 0 Å². The first kappa shape index (κ1) is 20.8. The summed E-state index contributed by atoms with van der Waals surface area (Å²) in [6, 6.07) is 4.73. The molecule has 0 amide bonds. The molecule has 0 aliphatic heterocycles. The molecule has 0 aromatic heterocycles. The van der Waals surface area contributed by atoms with Crippen molar-refractivity contribution < 1.29 is 19.4 Å². The summed E-state index contributed by atoms with van der Waals surface area (Å²) < 4.78 is 9.82. The molecule has 3 N–H and O–H groups in total. The van der Waals surface area contributed by atoms with Crippen LogP contribution < -0.4 is 5.73 Å². The van der Waals surface area contributed by atoms with E-state index in [-0.39, 0.29) is 6.61 Å². The maximum absolute atomic E-state index is 11.6. The Balaban J connectivity index is 3.11. The molecule has 1 rings (SSSR count). The Morgan fingerprint density at radius 2 is 1.96 bits per heavy atom. The van der Waals surface area contributed by atoms with Gasteiger partial charge in [-0.15, -0.1) is 0 Å². The van der Waals surface area contributed by atoms with Gasteiger partial charge in [-0.1, -0.05) is 23.0 Å². The van der Waals surface area contributed by atoms with Crippen molar-refractivity contribution in [3.05, 3.63) is 40.5 Å². The standard InChI is InChI=1S/C20H27NO4/c1-14(2)15(3)8-10-20(23,13-24-4)11-9-16-12-17(19(22)25-5)6-7-18(16)21/h6-7,12,23H,8,10,13,21H2,1-5H3. The Kier molecular flexibility index (Phi) is 7.69. The summed E-state index contributed by atoms with van der Waals surface area (Å²) in [5.74, 6) is 5.28. The number of carbonyl (C=O) groups excluding carboxylic acids is 1. The van der Waals surface area contributed by atoms with E-state index in [1.807, 2.05) is 20.8 Å². The zero-order valence-electron chi connectivity index (χ0n) is 15.6. The number of ether oxygens (including phenoxy) is 2. The average molecular weight is 345 g/mol. The van der Waals surface area contributed by atoms with E-state index < -0.39 is 11.6 Å². The van der Waals surface area contributed by atoms with Gasteiger partial charge < -0.3 is 20.3 Å². The van der Waals surface area contributed by atoms with Gasteiger partial charge in [0.05, 0.1) is 19.3 Å². The predicted octanol–water partition coefficient (Wildman–Crippen LogP) is 2.92. The van der Waals surface area contributed by atoms with Gasteiger partial charge in [-0.05, 0) is 51.8 Å². The van der Waals surface area contributed by atoms with Crippen LogP contribution in [0.15, 0.2) is 29.3 Å². The molecule has 0 aliphatic rings. The number of rotatable bonds is 6. The zero-order chi connectivity index (χ0) is 19.0. The Labute approximate surface area is 149 Å². The quantitative estimate of drug-likeness (QED) is 0.358. The van der Waals surface area contributed by atoms with Gasteiger partial charge in [0.25, 0.3) is 0 Å². The highest BCUT2D eigenvalue weighted by Gasteiger charge is 2.24. The molecule has 0 saturated carbocycles. The van der Waals surface area contributed by atoms with Crippen molar-refractivity contribution in [2.24, 2.45) is 0 Å². The van der Waals surface area contributed by atoms with Crippen molar-refractivity contribution >= 4 is 11.7 Å². The van der Waals surface area contributed by atoms with Crippen LogP contribution in [0.3, 0.4) is 0 Å². The van der Waals surface area contributed by atoms with Crippen LogP contribution in [-0.4, -0.2) is 37.5 Å². The molecule has 0 bridgehead atoms. The van der Waals surface area contributed by atoms with Crippen molar-refractivity contribution in [1.82, 2.24) is 0 Å². The average Bonchev–Trinajstić information content (AvgIpc) is 2.58. The molecule has 5 heteroatoms. The van der Waals surface area contributed by atoms with Crippen LogP contribution in [0, 0.1) is 11.8 Å².